The predicted molar refractivity (Wildman–Crippen MR) is 110 cm³/mol. The van der Waals surface area contributed by atoms with Gasteiger partial charge in [-0.05, 0) is 36.2 Å². The van der Waals surface area contributed by atoms with E-state index < -0.39 is 6.04 Å². The molecule has 28 heavy (non-hydrogen) atoms. The molecule has 0 unspecified atom stereocenters. The first-order valence-electron chi connectivity index (χ1n) is 9.78. The van der Waals surface area contributed by atoms with Crippen LogP contribution in [-0.4, -0.2) is 28.6 Å². The summed E-state index contributed by atoms with van der Waals surface area (Å²) >= 11 is 0. The molecule has 0 saturated carbocycles. The number of nitrogens with zero attached hydrogens (tertiary/aromatic N) is 2. The van der Waals surface area contributed by atoms with Gasteiger partial charge in [-0.25, -0.2) is 4.99 Å². The zero-order valence-electron chi connectivity index (χ0n) is 15.9. The van der Waals surface area contributed by atoms with Crippen LogP contribution in [0.15, 0.2) is 47.5 Å². The Morgan fingerprint density at radius 1 is 1.21 bits per heavy atom. The summed E-state index contributed by atoms with van der Waals surface area (Å²) in [6, 6.07) is 12.6. The molecule has 2 aliphatic heterocycles. The Hall–Kier alpha value is -2.99. The van der Waals surface area contributed by atoms with Crippen LogP contribution in [0.2, 0.25) is 0 Å². The number of anilines is 1. The summed E-state index contributed by atoms with van der Waals surface area (Å²) in [6.07, 6.45) is 3.80. The zero-order valence-corrected chi connectivity index (χ0v) is 15.9. The molecular weight excluding hydrogens is 352 g/mol. The molecule has 6 nitrogen and oxygen atoms in total. The van der Waals surface area contributed by atoms with Gasteiger partial charge in [0.15, 0.2) is 0 Å². The van der Waals surface area contributed by atoms with Gasteiger partial charge < -0.3 is 11.1 Å². The number of carbonyl (C=O) groups excluding carboxylic acids is 2. The maximum atomic E-state index is 12.7. The van der Waals surface area contributed by atoms with Crippen LogP contribution >= 0.6 is 0 Å². The van der Waals surface area contributed by atoms with Crippen LogP contribution in [0.25, 0.3) is 0 Å². The Morgan fingerprint density at radius 2 is 2.00 bits per heavy atom. The minimum atomic E-state index is -0.512. The third kappa shape index (κ3) is 3.31. The van der Waals surface area contributed by atoms with Crippen LogP contribution in [0, 0.1) is 0 Å². The summed E-state index contributed by atoms with van der Waals surface area (Å²) < 4.78 is 0. The fourth-order valence-electron chi connectivity index (χ4n) is 3.68. The standard InChI is InChI=1S/C22H24N4O2/c1-2-3-4-9-18(23)21(27)24-15-10-11-19-14(12-15)13-26-20(25-19)16-7-5-6-8-17(16)22(26)28/h5-8,10-12,18H,2-4,9,13,23H2,1H3,(H,24,27)/t18-/m0/s1. The normalized spacial score (nSPS) is 15.4. The molecule has 0 bridgehead atoms. The smallest absolute Gasteiger partial charge is 0.260 e. The monoisotopic (exact) mass is 376 g/mol. The fraction of sp³-hybridized carbons (Fsp3) is 0.318. The minimum Gasteiger partial charge on any atom is -0.325 e. The van der Waals surface area contributed by atoms with E-state index in [4.69, 9.17) is 5.73 Å². The van der Waals surface area contributed by atoms with Crippen molar-refractivity contribution >= 4 is 29.0 Å². The summed E-state index contributed by atoms with van der Waals surface area (Å²) in [6.45, 7) is 2.56. The van der Waals surface area contributed by atoms with Gasteiger partial charge in [0.05, 0.1) is 23.8 Å². The van der Waals surface area contributed by atoms with Crippen molar-refractivity contribution in [3.8, 4) is 0 Å². The molecule has 2 heterocycles. The largest absolute Gasteiger partial charge is 0.325 e. The van der Waals surface area contributed by atoms with Gasteiger partial charge in [0, 0.05) is 11.3 Å². The second-order valence-corrected chi connectivity index (χ2v) is 7.31. The van der Waals surface area contributed by atoms with Crippen molar-refractivity contribution in [2.75, 3.05) is 5.32 Å². The van der Waals surface area contributed by atoms with Crippen LogP contribution < -0.4 is 11.1 Å². The van der Waals surface area contributed by atoms with E-state index in [9.17, 15) is 9.59 Å². The van der Waals surface area contributed by atoms with E-state index in [0.717, 1.165) is 36.1 Å². The number of fused-ring (bicyclic) bond motifs is 4. The maximum absolute atomic E-state index is 12.7. The van der Waals surface area contributed by atoms with E-state index >= 15 is 0 Å². The Morgan fingerprint density at radius 3 is 2.79 bits per heavy atom. The van der Waals surface area contributed by atoms with Gasteiger partial charge in [-0.1, -0.05) is 44.4 Å². The highest BCUT2D eigenvalue weighted by molar-refractivity contribution is 6.24. The lowest BCUT2D eigenvalue weighted by atomic mass is 10.1. The molecule has 2 amide bonds. The average molecular weight is 376 g/mol. The van der Waals surface area contributed by atoms with Crippen LogP contribution in [0.4, 0.5) is 11.4 Å². The second kappa shape index (κ2) is 7.56. The van der Waals surface area contributed by atoms with Crippen molar-refractivity contribution in [2.24, 2.45) is 10.7 Å². The molecule has 3 N–H and O–H groups in total. The highest BCUT2D eigenvalue weighted by Gasteiger charge is 2.36. The predicted octanol–water partition coefficient (Wildman–Crippen LogP) is 3.58. The molecule has 2 aromatic carbocycles. The number of amides is 2. The van der Waals surface area contributed by atoms with Crippen molar-refractivity contribution in [1.82, 2.24) is 4.90 Å². The van der Waals surface area contributed by atoms with Gasteiger partial charge in [-0.3, -0.25) is 14.5 Å². The van der Waals surface area contributed by atoms with Crippen molar-refractivity contribution in [3.05, 3.63) is 59.2 Å². The topological polar surface area (TPSA) is 87.8 Å². The molecular formula is C22H24N4O2. The lowest BCUT2D eigenvalue weighted by Gasteiger charge is -2.24. The van der Waals surface area contributed by atoms with Crippen molar-refractivity contribution < 1.29 is 9.59 Å². The lowest BCUT2D eigenvalue weighted by Crippen LogP contribution is -2.35. The van der Waals surface area contributed by atoms with E-state index in [-0.39, 0.29) is 11.8 Å². The summed E-state index contributed by atoms with van der Waals surface area (Å²) in [4.78, 5) is 31.4. The van der Waals surface area contributed by atoms with Crippen molar-refractivity contribution in [3.63, 3.8) is 0 Å². The maximum Gasteiger partial charge on any atom is 0.260 e. The van der Waals surface area contributed by atoms with Crippen LogP contribution in [-0.2, 0) is 11.3 Å². The number of nitrogens with two attached hydrogens (primary N) is 1. The number of aliphatic imine (C=N–C) groups is 1. The molecule has 0 fully saturated rings. The van der Waals surface area contributed by atoms with Gasteiger partial charge in [0.2, 0.25) is 5.91 Å². The number of benzene rings is 2. The SMILES string of the molecule is CCCCC[C@H](N)C(=O)Nc1ccc2c(c1)CN1C(=O)c3ccccc3C1=N2. The Labute approximate surface area is 164 Å². The zero-order chi connectivity index (χ0) is 19.7. The minimum absolute atomic E-state index is 0.0348. The van der Waals surface area contributed by atoms with Crippen molar-refractivity contribution in [2.45, 2.75) is 45.2 Å². The molecule has 4 rings (SSSR count). The summed E-state index contributed by atoms with van der Waals surface area (Å²) in [7, 11) is 0. The first-order chi connectivity index (χ1) is 13.6. The molecule has 2 aromatic rings. The fourth-order valence-corrected chi connectivity index (χ4v) is 3.68. The quantitative estimate of drug-likeness (QED) is 0.755. The number of carbonyl (C=O) groups is 2. The number of amidine groups is 1. The molecule has 2 aliphatic rings. The van der Waals surface area contributed by atoms with E-state index in [1.165, 1.54) is 0 Å². The summed E-state index contributed by atoms with van der Waals surface area (Å²) in [5.41, 5.74) is 9.95. The lowest BCUT2D eigenvalue weighted by molar-refractivity contribution is -0.117. The number of unbranched alkanes of at least 4 members (excludes halogenated alkanes) is 2. The van der Waals surface area contributed by atoms with E-state index in [1.807, 2.05) is 42.5 Å². The third-order valence-electron chi connectivity index (χ3n) is 5.26. The average Bonchev–Trinajstić information content (AvgIpc) is 2.98. The number of nitrogens with one attached hydrogen (secondary N) is 1. The van der Waals surface area contributed by atoms with Crippen LogP contribution in [0.5, 0.6) is 0 Å². The number of hydrogen-bond donors (Lipinski definition) is 2. The molecule has 6 heteroatoms. The van der Waals surface area contributed by atoms with Crippen LogP contribution in [0.3, 0.4) is 0 Å². The molecule has 0 radical (unpaired) electrons. The first-order valence-corrected chi connectivity index (χ1v) is 9.78. The van der Waals surface area contributed by atoms with E-state index in [1.54, 1.807) is 4.90 Å². The van der Waals surface area contributed by atoms with E-state index in [0.29, 0.717) is 30.1 Å². The highest BCUT2D eigenvalue weighted by Crippen LogP contribution is 2.35. The van der Waals surface area contributed by atoms with Crippen LogP contribution in [0.1, 0.15) is 54.1 Å². The highest BCUT2D eigenvalue weighted by atomic mass is 16.2. The molecule has 1 atom stereocenters. The first kappa shape index (κ1) is 18.4. The number of hydrogen-bond acceptors (Lipinski definition) is 4. The molecule has 0 spiro atoms. The van der Waals surface area contributed by atoms with Gasteiger partial charge >= 0.3 is 0 Å². The Bertz CT molecular complexity index is 967. The Kier molecular flexibility index (Phi) is 4.96. The summed E-state index contributed by atoms with van der Waals surface area (Å²) in [5, 5.41) is 2.89. The molecule has 144 valence electrons. The van der Waals surface area contributed by atoms with Crippen molar-refractivity contribution in [1.29, 1.82) is 0 Å². The third-order valence-corrected chi connectivity index (χ3v) is 5.26. The Balaban J connectivity index is 1.52. The summed E-state index contributed by atoms with van der Waals surface area (Å²) in [5.74, 6) is 0.482. The molecule has 0 aromatic heterocycles. The van der Waals surface area contributed by atoms with Gasteiger partial charge in [0.1, 0.15) is 5.84 Å². The van der Waals surface area contributed by atoms with Gasteiger partial charge in [-0.15, -0.1) is 0 Å². The van der Waals surface area contributed by atoms with Gasteiger partial charge in [0.25, 0.3) is 5.91 Å². The number of rotatable bonds is 6. The molecule has 0 saturated heterocycles. The molecule has 0 aliphatic carbocycles. The second-order valence-electron chi connectivity index (χ2n) is 7.31. The van der Waals surface area contributed by atoms with E-state index in [2.05, 4.69) is 17.2 Å². The van der Waals surface area contributed by atoms with Gasteiger partial charge in [-0.2, -0.15) is 0 Å².